The highest BCUT2D eigenvalue weighted by Gasteiger charge is 2.11. The summed E-state index contributed by atoms with van der Waals surface area (Å²) in [4.78, 5) is 11.1. The van der Waals surface area contributed by atoms with Gasteiger partial charge in [0.2, 0.25) is 0 Å². The molecule has 0 saturated heterocycles. The number of carbonyl (C=O) groups is 1. The Bertz CT molecular complexity index is 656. The Morgan fingerprint density at radius 3 is 2.70 bits per heavy atom. The Morgan fingerprint density at radius 1 is 1.30 bits per heavy atom. The van der Waals surface area contributed by atoms with Crippen LogP contribution in [0.3, 0.4) is 0 Å². The van der Waals surface area contributed by atoms with Gasteiger partial charge in [0.25, 0.3) is 0 Å². The zero-order valence-electron chi connectivity index (χ0n) is 10.7. The monoisotopic (exact) mass is 338 g/mol. The van der Waals surface area contributed by atoms with Gasteiger partial charge in [-0.1, -0.05) is 17.7 Å². The van der Waals surface area contributed by atoms with Gasteiger partial charge < -0.3 is 9.84 Å². The molecule has 0 unspecified atom stereocenters. The maximum absolute atomic E-state index is 13.1. The number of benzene rings is 2. The fourth-order valence-electron chi connectivity index (χ4n) is 1.73. The molecule has 0 radical (unpaired) electrons. The second-order valence-corrected chi connectivity index (χ2v) is 5.20. The predicted octanol–water partition coefficient (Wildman–Crippen LogP) is 4.17. The summed E-state index contributed by atoms with van der Waals surface area (Å²) in [6.45, 7) is 1.98. The number of aryl methyl sites for hydroxylation is 1. The number of halogens is 2. The highest BCUT2D eigenvalue weighted by molar-refractivity contribution is 9.10. The molecule has 0 spiro atoms. The minimum absolute atomic E-state index is 0.117. The molecule has 0 aliphatic rings. The van der Waals surface area contributed by atoms with Crippen molar-refractivity contribution in [2.45, 2.75) is 13.5 Å². The minimum Gasteiger partial charge on any atom is -0.488 e. The van der Waals surface area contributed by atoms with Gasteiger partial charge in [0, 0.05) is 0 Å². The van der Waals surface area contributed by atoms with Crippen molar-refractivity contribution in [2.75, 3.05) is 0 Å². The summed E-state index contributed by atoms with van der Waals surface area (Å²) in [7, 11) is 0. The lowest BCUT2D eigenvalue weighted by Crippen LogP contribution is -2.04. The molecular formula is C15H12BrFO3. The molecule has 2 aromatic rings. The van der Waals surface area contributed by atoms with Crippen molar-refractivity contribution < 1.29 is 19.0 Å². The molecule has 0 heterocycles. The van der Waals surface area contributed by atoms with Gasteiger partial charge in [0.15, 0.2) is 0 Å². The second kappa shape index (κ2) is 6.05. The Kier molecular flexibility index (Phi) is 4.39. The van der Waals surface area contributed by atoms with Crippen LogP contribution < -0.4 is 4.74 Å². The van der Waals surface area contributed by atoms with E-state index in [1.165, 1.54) is 6.07 Å². The standard InChI is InChI=1S/C15H12BrFO3/c1-9-2-5-14(11(6-9)15(18)19)20-8-10-3-4-13(17)12(16)7-10/h2-7H,8H2,1H3,(H,18,19). The first-order chi connectivity index (χ1) is 9.47. The van der Waals surface area contributed by atoms with Gasteiger partial charge in [-0.25, -0.2) is 9.18 Å². The molecule has 2 aromatic carbocycles. The molecule has 0 atom stereocenters. The third-order valence-electron chi connectivity index (χ3n) is 2.74. The minimum atomic E-state index is -1.04. The average molecular weight is 339 g/mol. The normalized spacial score (nSPS) is 10.3. The molecule has 1 N–H and O–H groups in total. The summed E-state index contributed by atoms with van der Waals surface area (Å²) in [5.41, 5.74) is 1.71. The van der Waals surface area contributed by atoms with Crippen LogP contribution in [0.25, 0.3) is 0 Å². The van der Waals surface area contributed by atoms with Gasteiger partial charge in [-0.15, -0.1) is 0 Å². The number of aromatic carboxylic acids is 1. The molecule has 2 rings (SSSR count). The molecule has 3 nitrogen and oxygen atoms in total. The second-order valence-electron chi connectivity index (χ2n) is 4.34. The van der Waals surface area contributed by atoms with Crippen LogP contribution in [0, 0.1) is 12.7 Å². The van der Waals surface area contributed by atoms with E-state index < -0.39 is 5.97 Å². The van der Waals surface area contributed by atoms with Gasteiger partial charge in [-0.05, 0) is 52.7 Å². The lowest BCUT2D eigenvalue weighted by molar-refractivity contribution is 0.0691. The number of rotatable bonds is 4. The van der Waals surface area contributed by atoms with Crippen molar-refractivity contribution in [3.8, 4) is 5.75 Å². The van der Waals surface area contributed by atoms with E-state index in [1.807, 2.05) is 6.92 Å². The first kappa shape index (κ1) is 14.5. The fourth-order valence-corrected chi connectivity index (χ4v) is 2.15. The number of hydrogen-bond donors (Lipinski definition) is 1. The van der Waals surface area contributed by atoms with Gasteiger partial charge in [-0.3, -0.25) is 0 Å². The molecule has 0 aliphatic carbocycles. The number of carboxylic acid groups (broad SMARTS) is 1. The first-order valence-electron chi connectivity index (χ1n) is 5.88. The molecule has 0 bridgehead atoms. The van der Waals surface area contributed by atoms with Crippen molar-refractivity contribution >= 4 is 21.9 Å². The van der Waals surface area contributed by atoms with Crippen molar-refractivity contribution in [3.05, 3.63) is 63.4 Å². The van der Waals surface area contributed by atoms with Crippen LogP contribution in [-0.2, 0) is 6.61 Å². The van der Waals surface area contributed by atoms with Gasteiger partial charge >= 0.3 is 5.97 Å². The molecular weight excluding hydrogens is 327 g/mol. The van der Waals surface area contributed by atoms with Crippen LogP contribution in [0.15, 0.2) is 40.9 Å². The molecule has 5 heteroatoms. The lowest BCUT2D eigenvalue weighted by Gasteiger charge is -2.10. The molecule has 104 valence electrons. The van der Waals surface area contributed by atoms with E-state index in [1.54, 1.807) is 30.3 Å². The van der Waals surface area contributed by atoms with Crippen LogP contribution in [0.1, 0.15) is 21.5 Å². The third kappa shape index (κ3) is 3.36. The number of carboxylic acids is 1. The highest BCUT2D eigenvalue weighted by Crippen LogP contribution is 2.22. The van der Waals surface area contributed by atoms with Crippen LogP contribution in [0.2, 0.25) is 0 Å². The van der Waals surface area contributed by atoms with E-state index >= 15 is 0 Å². The topological polar surface area (TPSA) is 46.5 Å². The maximum Gasteiger partial charge on any atom is 0.339 e. The Balaban J connectivity index is 2.18. The van der Waals surface area contributed by atoms with Crippen LogP contribution in [-0.4, -0.2) is 11.1 Å². The van der Waals surface area contributed by atoms with Crippen molar-refractivity contribution in [2.24, 2.45) is 0 Å². The molecule has 20 heavy (non-hydrogen) atoms. The van der Waals surface area contributed by atoms with E-state index in [-0.39, 0.29) is 18.0 Å². The van der Waals surface area contributed by atoms with Gasteiger partial charge in [-0.2, -0.15) is 0 Å². The van der Waals surface area contributed by atoms with Gasteiger partial charge in [0.1, 0.15) is 23.7 Å². The van der Waals surface area contributed by atoms with Crippen LogP contribution >= 0.6 is 15.9 Å². The van der Waals surface area contributed by atoms with Crippen LogP contribution in [0.4, 0.5) is 4.39 Å². The van der Waals surface area contributed by atoms with Crippen LogP contribution in [0.5, 0.6) is 5.75 Å². The van der Waals surface area contributed by atoms with Crippen molar-refractivity contribution in [3.63, 3.8) is 0 Å². The maximum atomic E-state index is 13.1. The molecule has 0 saturated carbocycles. The summed E-state index contributed by atoms with van der Waals surface area (Å²) < 4.78 is 19.0. The smallest absolute Gasteiger partial charge is 0.339 e. The Hall–Kier alpha value is -1.88. The number of ether oxygens (including phenoxy) is 1. The number of hydrogen-bond acceptors (Lipinski definition) is 2. The quantitative estimate of drug-likeness (QED) is 0.909. The molecule has 0 amide bonds. The molecule has 0 fully saturated rings. The Morgan fingerprint density at radius 2 is 2.05 bits per heavy atom. The largest absolute Gasteiger partial charge is 0.488 e. The SMILES string of the molecule is Cc1ccc(OCc2ccc(F)c(Br)c2)c(C(=O)O)c1. The lowest BCUT2D eigenvalue weighted by atomic mass is 10.1. The van der Waals surface area contributed by atoms with E-state index in [0.29, 0.717) is 10.2 Å². The van der Waals surface area contributed by atoms with E-state index in [2.05, 4.69) is 15.9 Å². The summed E-state index contributed by atoms with van der Waals surface area (Å²) >= 11 is 3.09. The molecule has 0 aromatic heterocycles. The fraction of sp³-hybridized carbons (Fsp3) is 0.133. The average Bonchev–Trinajstić information content (AvgIpc) is 2.41. The summed E-state index contributed by atoms with van der Waals surface area (Å²) in [5, 5.41) is 9.13. The highest BCUT2D eigenvalue weighted by atomic mass is 79.9. The van der Waals surface area contributed by atoms with E-state index in [4.69, 9.17) is 9.84 Å². The van der Waals surface area contributed by atoms with Gasteiger partial charge in [0.05, 0.1) is 4.47 Å². The van der Waals surface area contributed by atoms with Crippen molar-refractivity contribution in [1.82, 2.24) is 0 Å². The Labute approximate surface area is 124 Å². The first-order valence-corrected chi connectivity index (χ1v) is 6.67. The third-order valence-corrected chi connectivity index (χ3v) is 3.35. The summed E-state index contributed by atoms with van der Waals surface area (Å²) in [6, 6.07) is 9.48. The summed E-state index contributed by atoms with van der Waals surface area (Å²) in [5.74, 6) is -1.09. The summed E-state index contributed by atoms with van der Waals surface area (Å²) in [6.07, 6.45) is 0. The van der Waals surface area contributed by atoms with E-state index in [9.17, 15) is 9.18 Å². The predicted molar refractivity (Wildman–Crippen MR) is 76.6 cm³/mol. The molecule has 0 aliphatic heterocycles. The van der Waals surface area contributed by atoms with E-state index in [0.717, 1.165) is 11.1 Å². The zero-order valence-corrected chi connectivity index (χ0v) is 12.3. The zero-order chi connectivity index (χ0) is 14.7. The van der Waals surface area contributed by atoms with Crippen molar-refractivity contribution in [1.29, 1.82) is 0 Å².